The van der Waals surface area contributed by atoms with Gasteiger partial charge in [0.2, 0.25) is 0 Å². The van der Waals surface area contributed by atoms with Gasteiger partial charge in [-0.25, -0.2) is 9.97 Å². The van der Waals surface area contributed by atoms with Gasteiger partial charge in [0.15, 0.2) is 11.3 Å². The summed E-state index contributed by atoms with van der Waals surface area (Å²) in [5.41, 5.74) is 22.2. The van der Waals surface area contributed by atoms with Crippen molar-refractivity contribution in [1.29, 1.82) is 0 Å². The van der Waals surface area contributed by atoms with E-state index in [-0.39, 0.29) is 10.8 Å². The van der Waals surface area contributed by atoms with Crippen molar-refractivity contribution in [2.24, 2.45) is 0 Å². The summed E-state index contributed by atoms with van der Waals surface area (Å²) in [4.78, 5) is 12.3. The molecule has 0 fully saturated rings. The number of para-hydroxylation sites is 4. The van der Waals surface area contributed by atoms with Crippen molar-refractivity contribution >= 4 is 142 Å². The minimum Gasteiger partial charge on any atom is -0.309 e. The zero-order valence-electron chi connectivity index (χ0n) is 48.6. The molecular weight excluding hydrogens is 1040 g/mol. The predicted molar refractivity (Wildman–Crippen MR) is 363 cm³/mol. The number of aromatic nitrogens is 6. The lowest BCUT2D eigenvalue weighted by atomic mass is 9.84. The lowest BCUT2D eigenvalue weighted by Gasteiger charge is -2.21. The van der Waals surface area contributed by atoms with E-state index in [2.05, 4.69) is 290 Å². The van der Waals surface area contributed by atoms with Crippen LogP contribution < -0.4 is 0 Å². The number of nitrogens with zero attached hydrogens (tertiary/aromatic N) is 6. The largest absolute Gasteiger partial charge is 0.309 e. The summed E-state index contributed by atoms with van der Waals surface area (Å²) < 4.78 is 9.83. The third kappa shape index (κ3) is 6.29. The average Bonchev–Trinajstić information content (AvgIpc) is 1.62. The molecule has 7 aromatic heterocycles. The molecule has 12 aromatic carbocycles. The summed E-state index contributed by atoms with van der Waals surface area (Å²) >= 11 is 0. The van der Waals surface area contributed by atoms with Crippen LogP contribution in [-0.2, 0) is 10.8 Å². The second-order valence-corrected chi connectivity index (χ2v) is 26.2. The average molecular weight is 1100 g/mol. The predicted octanol–water partition coefficient (Wildman–Crippen LogP) is 21.2. The Bertz CT molecular complexity index is 6140. The first kappa shape index (κ1) is 47.9. The van der Waals surface area contributed by atoms with Gasteiger partial charge in [-0.1, -0.05) is 175 Å². The number of rotatable bonds is 4. The fourth-order valence-electron chi connectivity index (χ4n) is 15.2. The summed E-state index contributed by atoms with van der Waals surface area (Å²) in [6.45, 7) is 14.0. The van der Waals surface area contributed by atoms with Crippen LogP contribution in [0.1, 0.15) is 52.7 Å². The molecule has 0 aliphatic heterocycles. The molecule has 0 unspecified atom stereocenters. The van der Waals surface area contributed by atoms with Crippen LogP contribution >= 0.6 is 0 Å². The molecule has 406 valence electrons. The zero-order chi connectivity index (χ0) is 57.2. The minimum absolute atomic E-state index is 0.135. The van der Waals surface area contributed by atoms with Crippen molar-refractivity contribution in [3.8, 4) is 33.6 Å². The highest BCUT2D eigenvalue weighted by atomic mass is 15.1. The van der Waals surface area contributed by atoms with E-state index in [1.807, 2.05) is 0 Å². The van der Waals surface area contributed by atoms with E-state index in [4.69, 9.17) is 9.97 Å². The van der Waals surface area contributed by atoms with Gasteiger partial charge in [0, 0.05) is 76.4 Å². The monoisotopic (exact) mass is 1100 g/mol. The van der Waals surface area contributed by atoms with Gasteiger partial charge in [-0.15, -0.1) is 0 Å². The maximum atomic E-state index is 6.14. The van der Waals surface area contributed by atoms with E-state index in [1.165, 1.54) is 115 Å². The van der Waals surface area contributed by atoms with Crippen molar-refractivity contribution in [3.63, 3.8) is 0 Å². The third-order valence-corrected chi connectivity index (χ3v) is 19.2. The quantitative estimate of drug-likeness (QED) is 0.176. The second-order valence-electron chi connectivity index (χ2n) is 26.2. The smallest absolute Gasteiger partial charge is 0.165 e. The Morgan fingerprint density at radius 3 is 1.37 bits per heavy atom. The fourth-order valence-corrected chi connectivity index (χ4v) is 15.2. The van der Waals surface area contributed by atoms with Crippen molar-refractivity contribution < 1.29 is 0 Å². The molecule has 0 N–H and O–H groups in total. The number of benzene rings is 12. The molecule has 0 aliphatic carbocycles. The first-order valence-electron chi connectivity index (χ1n) is 30.1. The molecular formula is C80H56N6. The molecule has 0 amide bonds. The van der Waals surface area contributed by atoms with Crippen LogP contribution in [0.4, 0.5) is 0 Å². The Kier molecular flexibility index (Phi) is 9.25. The fraction of sp³-hybridized carbons (Fsp3) is 0.100. The Labute approximate surface area is 494 Å². The van der Waals surface area contributed by atoms with Gasteiger partial charge in [0.1, 0.15) is 11.0 Å². The standard InChI is InChI=1S/C80H56N6/c1-79(2,3)49-41-57(47-33-35-67-58(37-47)55-29-17-19-31-65(55)83(67)51-23-9-7-10-24-51)73-62(42-49)61-39-46-22-14-16-28-54(46)70-72-78(85(73)76(61)70)81-71-64-44-50(80(4,5)6)43-63-60-38-45-21-13-15-27-53(45)69(75(60)86(74(63)64)77(71)82-72)48-34-36-68-59(40-48)56-30-18-20-32-66(56)84(68)52-25-11-8-12-26-52/h7-44H,1-6H3. The Morgan fingerprint density at radius 1 is 0.302 bits per heavy atom. The lowest BCUT2D eigenvalue weighted by Crippen LogP contribution is -2.11. The summed E-state index contributed by atoms with van der Waals surface area (Å²) in [5.74, 6) is 0. The van der Waals surface area contributed by atoms with Gasteiger partial charge < -0.3 is 9.13 Å². The van der Waals surface area contributed by atoms with E-state index >= 15 is 0 Å². The lowest BCUT2D eigenvalue weighted by molar-refractivity contribution is 0.591. The summed E-state index contributed by atoms with van der Waals surface area (Å²) in [6.07, 6.45) is 0. The van der Waals surface area contributed by atoms with Crippen LogP contribution in [0.3, 0.4) is 0 Å². The minimum atomic E-state index is -0.157. The molecule has 0 bridgehead atoms. The van der Waals surface area contributed by atoms with Crippen LogP contribution in [0.15, 0.2) is 231 Å². The molecule has 0 aliphatic rings. The first-order valence-corrected chi connectivity index (χ1v) is 30.1. The van der Waals surface area contributed by atoms with Gasteiger partial charge in [-0.3, -0.25) is 8.80 Å². The van der Waals surface area contributed by atoms with Crippen molar-refractivity contribution in [2.75, 3.05) is 0 Å². The highest BCUT2D eigenvalue weighted by Crippen LogP contribution is 2.51. The Morgan fingerprint density at radius 2 is 0.744 bits per heavy atom. The van der Waals surface area contributed by atoms with E-state index in [9.17, 15) is 0 Å². The Hall–Kier alpha value is -10.6. The number of hydrogen-bond donors (Lipinski definition) is 0. The molecule has 0 spiro atoms. The molecule has 0 saturated heterocycles. The third-order valence-electron chi connectivity index (χ3n) is 19.2. The van der Waals surface area contributed by atoms with Gasteiger partial charge in [-0.05, 0) is 152 Å². The highest BCUT2D eigenvalue weighted by molar-refractivity contribution is 6.33. The van der Waals surface area contributed by atoms with Crippen LogP contribution in [0, 0.1) is 0 Å². The van der Waals surface area contributed by atoms with Crippen LogP contribution in [0.25, 0.3) is 175 Å². The van der Waals surface area contributed by atoms with Gasteiger partial charge in [-0.2, -0.15) is 0 Å². The van der Waals surface area contributed by atoms with E-state index < -0.39 is 0 Å². The summed E-state index contributed by atoms with van der Waals surface area (Å²) in [5, 5.41) is 16.8. The maximum absolute atomic E-state index is 6.14. The van der Waals surface area contributed by atoms with E-state index in [1.54, 1.807) is 0 Å². The van der Waals surface area contributed by atoms with Crippen LogP contribution in [0.5, 0.6) is 0 Å². The van der Waals surface area contributed by atoms with E-state index in [0.29, 0.717) is 0 Å². The Balaban J connectivity index is 0.966. The van der Waals surface area contributed by atoms with E-state index in [0.717, 1.165) is 72.1 Å². The second kappa shape index (κ2) is 16.6. The highest BCUT2D eigenvalue weighted by Gasteiger charge is 2.31. The van der Waals surface area contributed by atoms with Gasteiger partial charge in [0.05, 0.1) is 44.1 Å². The normalized spacial score (nSPS) is 13.0. The summed E-state index contributed by atoms with van der Waals surface area (Å²) in [6, 6.07) is 86.1. The zero-order valence-corrected chi connectivity index (χ0v) is 48.6. The van der Waals surface area contributed by atoms with Crippen molar-refractivity contribution in [2.45, 2.75) is 52.4 Å². The summed E-state index contributed by atoms with van der Waals surface area (Å²) in [7, 11) is 0. The van der Waals surface area contributed by atoms with Crippen molar-refractivity contribution in [1.82, 2.24) is 27.9 Å². The molecule has 6 nitrogen and oxygen atoms in total. The molecule has 6 heteroatoms. The first-order chi connectivity index (χ1) is 41.9. The maximum Gasteiger partial charge on any atom is 0.165 e. The number of fused-ring (bicyclic) bond motifs is 21. The molecule has 19 rings (SSSR count). The molecule has 19 aromatic rings. The SMILES string of the molecule is CC(C)(C)c1cc(-c2ccc3c(c2)c2ccccc2n3-c2ccccc2)c2c(c1)c1cc3ccccc3c3c4nc5c(nc4n2c13)c1cc(C(C)(C)C)cc2c3cc4ccccc4c(-c4ccc6c(c4)c4ccccc4n6-c4ccccc4)c3n5c21. The topological polar surface area (TPSA) is 44.5 Å². The molecule has 7 heterocycles. The number of hydrogen-bond acceptors (Lipinski definition) is 2. The molecule has 0 saturated carbocycles. The van der Waals surface area contributed by atoms with Crippen LogP contribution in [0.2, 0.25) is 0 Å². The van der Waals surface area contributed by atoms with Crippen LogP contribution in [-0.4, -0.2) is 27.9 Å². The molecule has 86 heavy (non-hydrogen) atoms. The van der Waals surface area contributed by atoms with Crippen molar-refractivity contribution in [3.05, 3.63) is 242 Å². The molecule has 0 radical (unpaired) electrons. The molecule has 0 atom stereocenters. The van der Waals surface area contributed by atoms with Gasteiger partial charge >= 0.3 is 0 Å². The van der Waals surface area contributed by atoms with Gasteiger partial charge in [0.25, 0.3) is 0 Å².